The molecular weight excluding hydrogens is 244 g/mol. The van der Waals surface area contributed by atoms with E-state index in [4.69, 9.17) is 10.2 Å². The van der Waals surface area contributed by atoms with E-state index in [1.807, 2.05) is 0 Å². The molecule has 0 saturated heterocycles. The van der Waals surface area contributed by atoms with Crippen molar-refractivity contribution in [2.45, 2.75) is 72.1 Å². The first-order chi connectivity index (χ1) is 8.73. The Balaban J connectivity index is 3.96. The molecule has 112 valence electrons. The van der Waals surface area contributed by atoms with Gasteiger partial charge in [0.2, 0.25) is 0 Å². The maximum atomic E-state index is 10.5. The van der Waals surface area contributed by atoms with E-state index in [9.17, 15) is 9.59 Å². The van der Waals surface area contributed by atoms with Crippen LogP contribution in [0, 0.1) is 11.3 Å². The molecule has 0 radical (unpaired) electrons. The standard InChI is InChI=1S/C15H28O4/c1-15(2,3)12(8-4-6-10-13(16)17)9-5-7-11-14(18)19/h12H,4-11H2,1-3H3,(H,16,17)(H,18,19). The van der Waals surface area contributed by atoms with Crippen molar-refractivity contribution in [3.63, 3.8) is 0 Å². The van der Waals surface area contributed by atoms with Gasteiger partial charge >= 0.3 is 11.9 Å². The van der Waals surface area contributed by atoms with E-state index in [2.05, 4.69) is 20.8 Å². The first-order valence-electron chi connectivity index (χ1n) is 7.17. The molecule has 0 aromatic carbocycles. The average molecular weight is 272 g/mol. The Bertz CT molecular complexity index is 256. The van der Waals surface area contributed by atoms with Crippen LogP contribution < -0.4 is 0 Å². The summed E-state index contributed by atoms with van der Waals surface area (Å²) >= 11 is 0. The van der Waals surface area contributed by atoms with Crippen molar-refractivity contribution in [2.24, 2.45) is 11.3 Å². The fraction of sp³-hybridized carbons (Fsp3) is 0.867. The number of hydrogen-bond donors (Lipinski definition) is 2. The van der Waals surface area contributed by atoms with Crippen LogP contribution in [-0.4, -0.2) is 22.2 Å². The van der Waals surface area contributed by atoms with Gasteiger partial charge in [-0.25, -0.2) is 0 Å². The zero-order valence-corrected chi connectivity index (χ0v) is 12.4. The summed E-state index contributed by atoms with van der Waals surface area (Å²) in [6.45, 7) is 6.60. The molecule has 0 aliphatic heterocycles. The Hall–Kier alpha value is -1.06. The average Bonchev–Trinajstić information content (AvgIpc) is 2.24. The number of hydrogen-bond acceptors (Lipinski definition) is 2. The second-order valence-corrected chi connectivity index (χ2v) is 6.34. The SMILES string of the molecule is CC(C)(C)C(CCCCC(=O)O)CCCCC(=O)O. The molecular formula is C15H28O4. The third-order valence-corrected chi connectivity index (χ3v) is 3.61. The van der Waals surface area contributed by atoms with Crippen LogP contribution in [0.25, 0.3) is 0 Å². The highest BCUT2D eigenvalue weighted by molar-refractivity contribution is 5.66. The van der Waals surface area contributed by atoms with Crippen LogP contribution in [0.4, 0.5) is 0 Å². The van der Waals surface area contributed by atoms with E-state index in [0.717, 1.165) is 38.5 Å². The predicted octanol–water partition coefficient (Wildman–Crippen LogP) is 3.94. The molecule has 0 unspecified atom stereocenters. The molecule has 0 aromatic heterocycles. The van der Waals surface area contributed by atoms with Gasteiger partial charge in [-0.05, 0) is 37.0 Å². The van der Waals surface area contributed by atoms with Gasteiger partial charge in [0.25, 0.3) is 0 Å². The minimum Gasteiger partial charge on any atom is -0.481 e. The van der Waals surface area contributed by atoms with E-state index in [-0.39, 0.29) is 18.3 Å². The van der Waals surface area contributed by atoms with E-state index in [0.29, 0.717) is 5.92 Å². The Morgan fingerprint density at radius 3 is 1.47 bits per heavy atom. The smallest absolute Gasteiger partial charge is 0.303 e. The summed E-state index contributed by atoms with van der Waals surface area (Å²) in [5.41, 5.74) is 0.201. The van der Waals surface area contributed by atoms with Crippen LogP contribution in [0.3, 0.4) is 0 Å². The van der Waals surface area contributed by atoms with Gasteiger partial charge < -0.3 is 10.2 Å². The zero-order chi connectivity index (χ0) is 14.9. The van der Waals surface area contributed by atoms with Crippen LogP contribution in [-0.2, 0) is 9.59 Å². The Morgan fingerprint density at radius 2 is 1.21 bits per heavy atom. The highest BCUT2D eigenvalue weighted by atomic mass is 16.4. The van der Waals surface area contributed by atoms with Crippen molar-refractivity contribution in [2.75, 3.05) is 0 Å². The molecule has 0 aliphatic carbocycles. The van der Waals surface area contributed by atoms with E-state index < -0.39 is 11.9 Å². The lowest BCUT2D eigenvalue weighted by Gasteiger charge is -2.31. The third kappa shape index (κ3) is 10.5. The molecule has 0 aromatic rings. The lowest BCUT2D eigenvalue weighted by atomic mass is 9.75. The van der Waals surface area contributed by atoms with Crippen molar-refractivity contribution in [3.8, 4) is 0 Å². The minimum absolute atomic E-state index is 0.201. The highest BCUT2D eigenvalue weighted by Gasteiger charge is 2.23. The topological polar surface area (TPSA) is 74.6 Å². The minimum atomic E-state index is -0.728. The molecule has 0 bridgehead atoms. The van der Waals surface area contributed by atoms with Crippen LogP contribution in [0.5, 0.6) is 0 Å². The maximum Gasteiger partial charge on any atom is 0.303 e. The lowest BCUT2D eigenvalue weighted by Crippen LogP contribution is -2.20. The largest absolute Gasteiger partial charge is 0.481 e. The fourth-order valence-electron chi connectivity index (χ4n) is 2.34. The lowest BCUT2D eigenvalue weighted by molar-refractivity contribution is -0.138. The summed E-state index contributed by atoms with van der Waals surface area (Å²) < 4.78 is 0. The molecule has 0 rings (SSSR count). The van der Waals surface area contributed by atoms with Crippen molar-refractivity contribution in [1.82, 2.24) is 0 Å². The molecule has 0 heterocycles. The van der Waals surface area contributed by atoms with E-state index in [1.54, 1.807) is 0 Å². The molecule has 0 fully saturated rings. The van der Waals surface area contributed by atoms with Gasteiger partial charge in [0.15, 0.2) is 0 Å². The molecule has 0 atom stereocenters. The zero-order valence-electron chi connectivity index (χ0n) is 12.4. The summed E-state index contributed by atoms with van der Waals surface area (Å²) in [7, 11) is 0. The van der Waals surface area contributed by atoms with Crippen molar-refractivity contribution in [3.05, 3.63) is 0 Å². The van der Waals surface area contributed by atoms with Gasteiger partial charge in [-0.1, -0.05) is 33.6 Å². The summed E-state index contributed by atoms with van der Waals surface area (Å²) in [6.07, 6.45) is 5.90. The quantitative estimate of drug-likeness (QED) is 0.591. The Morgan fingerprint density at radius 1 is 0.842 bits per heavy atom. The van der Waals surface area contributed by atoms with E-state index in [1.165, 1.54) is 0 Å². The Kier molecular flexibility index (Phi) is 8.44. The molecule has 4 nitrogen and oxygen atoms in total. The summed E-state index contributed by atoms with van der Waals surface area (Å²) in [5.74, 6) is -0.919. The maximum absolute atomic E-state index is 10.5. The van der Waals surface area contributed by atoms with Crippen molar-refractivity contribution < 1.29 is 19.8 Å². The summed E-state index contributed by atoms with van der Waals surface area (Å²) in [4.78, 5) is 20.9. The number of carboxylic acid groups (broad SMARTS) is 2. The monoisotopic (exact) mass is 272 g/mol. The molecule has 0 spiro atoms. The number of unbranched alkanes of at least 4 members (excludes halogenated alkanes) is 2. The highest BCUT2D eigenvalue weighted by Crippen LogP contribution is 2.34. The number of carboxylic acids is 2. The second kappa shape index (κ2) is 8.94. The van der Waals surface area contributed by atoms with Crippen LogP contribution in [0.15, 0.2) is 0 Å². The summed E-state index contributed by atoms with van der Waals surface area (Å²) in [6, 6.07) is 0. The normalized spacial score (nSPS) is 11.8. The second-order valence-electron chi connectivity index (χ2n) is 6.34. The van der Waals surface area contributed by atoms with Gasteiger partial charge in [-0.15, -0.1) is 0 Å². The van der Waals surface area contributed by atoms with Gasteiger partial charge in [0.05, 0.1) is 0 Å². The fourth-order valence-corrected chi connectivity index (χ4v) is 2.34. The molecule has 2 N–H and O–H groups in total. The predicted molar refractivity (Wildman–Crippen MR) is 75.2 cm³/mol. The van der Waals surface area contributed by atoms with Crippen molar-refractivity contribution >= 4 is 11.9 Å². The van der Waals surface area contributed by atoms with Gasteiger partial charge in [-0.3, -0.25) is 9.59 Å². The van der Waals surface area contributed by atoms with Crippen molar-refractivity contribution in [1.29, 1.82) is 0 Å². The van der Waals surface area contributed by atoms with Gasteiger partial charge in [0.1, 0.15) is 0 Å². The first-order valence-corrected chi connectivity index (χ1v) is 7.17. The number of rotatable bonds is 10. The van der Waals surface area contributed by atoms with Crippen LogP contribution >= 0.6 is 0 Å². The molecule has 0 aliphatic rings. The number of aliphatic carboxylic acids is 2. The number of carbonyl (C=O) groups is 2. The van der Waals surface area contributed by atoms with Gasteiger partial charge in [0, 0.05) is 12.8 Å². The van der Waals surface area contributed by atoms with Crippen LogP contribution in [0.2, 0.25) is 0 Å². The van der Waals surface area contributed by atoms with Gasteiger partial charge in [-0.2, -0.15) is 0 Å². The first kappa shape index (κ1) is 17.9. The molecule has 19 heavy (non-hydrogen) atoms. The summed E-state index contributed by atoms with van der Waals surface area (Å²) in [5, 5.41) is 17.2. The molecule has 0 amide bonds. The van der Waals surface area contributed by atoms with Crippen LogP contribution in [0.1, 0.15) is 72.1 Å². The third-order valence-electron chi connectivity index (χ3n) is 3.61. The molecule has 0 saturated carbocycles. The molecule has 4 heteroatoms. The Labute approximate surface area is 116 Å². The van der Waals surface area contributed by atoms with E-state index >= 15 is 0 Å².